The van der Waals surface area contributed by atoms with Gasteiger partial charge in [-0.3, -0.25) is 4.79 Å². The van der Waals surface area contributed by atoms with Gasteiger partial charge in [-0.05, 0) is 44.4 Å². The van der Waals surface area contributed by atoms with E-state index in [0.717, 1.165) is 25.2 Å². The predicted octanol–water partition coefficient (Wildman–Crippen LogP) is 2.82. The van der Waals surface area contributed by atoms with Crippen LogP contribution in [0.15, 0.2) is 30.3 Å². The highest BCUT2D eigenvalue weighted by atomic mass is 16.2. The number of likely N-dealkylation sites (N-methyl/N-ethyl adjacent to an activating group) is 1. The molecule has 2 atom stereocenters. The second-order valence-corrected chi connectivity index (χ2v) is 5.22. The van der Waals surface area contributed by atoms with Crippen molar-refractivity contribution in [2.24, 2.45) is 5.92 Å². The normalized spacial score (nSPS) is 23.1. The van der Waals surface area contributed by atoms with Crippen LogP contribution in [0.4, 0.5) is 5.69 Å². The van der Waals surface area contributed by atoms with Crippen LogP contribution >= 0.6 is 0 Å². The maximum Gasteiger partial charge on any atom is 0.244 e. The van der Waals surface area contributed by atoms with Gasteiger partial charge in [-0.25, -0.2) is 0 Å². The number of nitrogens with one attached hydrogen (secondary N) is 1. The lowest BCUT2D eigenvalue weighted by Crippen LogP contribution is -2.50. The monoisotopic (exact) mass is 260 g/mol. The molecule has 2 rings (SSSR count). The van der Waals surface area contributed by atoms with Gasteiger partial charge in [0.15, 0.2) is 0 Å². The summed E-state index contributed by atoms with van der Waals surface area (Å²) in [5, 5.41) is 3.38. The molecule has 0 aromatic heterocycles. The number of para-hydroxylation sites is 1. The lowest BCUT2D eigenvalue weighted by molar-refractivity contribution is -0.121. The summed E-state index contributed by atoms with van der Waals surface area (Å²) in [4.78, 5) is 14.5. The molecule has 0 spiro atoms. The van der Waals surface area contributed by atoms with Crippen LogP contribution in [0.3, 0.4) is 0 Å². The Hall–Kier alpha value is -1.35. The highest BCUT2D eigenvalue weighted by molar-refractivity contribution is 5.97. The summed E-state index contributed by atoms with van der Waals surface area (Å²) in [5.41, 5.74) is 0.996. The number of carbonyl (C=O) groups is 1. The summed E-state index contributed by atoms with van der Waals surface area (Å²) in [6.07, 6.45) is 3.33. The Bertz CT molecular complexity index is 404. The van der Waals surface area contributed by atoms with E-state index in [9.17, 15) is 4.79 Å². The van der Waals surface area contributed by atoms with Crippen molar-refractivity contribution in [1.29, 1.82) is 0 Å². The number of anilines is 1. The minimum Gasteiger partial charge on any atom is -0.311 e. The van der Waals surface area contributed by atoms with E-state index in [1.807, 2.05) is 42.2 Å². The molecular weight excluding hydrogens is 236 g/mol. The fourth-order valence-corrected chi connectivity index (χ4v) is 2.82. The Labute approximate surface area is 116 Å². The van der Waals surface area contributed by atoms with E-state index in [2.05, 4.69) is 12.2 Å². The molecule has 1 aromatic carbocycles. The maximum absolute atomic E-state index is 12.7. The van der Waals surface area contributed by atoms with Crippen molar-refractivity contribution < 1.29 is 4.79 Å². The van der Waals surface area contributed by atoms with Crippen LogP contribution in [-0.4, -0.2) is 25.0 Å². The first-order valence-corrected chi connectivity index (χ1v) is 7.36. The smallest absolute Gasteiger partial charge is 0.244 e. The van der Waals surface area contributed by atoms with Crippen molar-refractivity contribution in [3.05, 3.63) is 30.3 Å². The van der Waals surface area contributed by atoms with Crippen molar-refractivity contribution in [3.63, 3.8) is 0 Å². The van der Waals surface area contributed by atoms with Crippen molar-refractivity contribution in [1.82, 2.24) is 5.32 Å². The van der Waals surface area contributed by atoms with E-state index in [4.69, 9.17) is 0 Å². The van der Waals surface area contributed by atoms with E-state index >= 15 is 0 Å². The van der Waals surface area contributed by atoms with Crippen LogP contribution in [0, 0.1) is 5.92 Å². The Morgan fingerprint density at radius 1 is 1.32 bits per heavy atom. The Morgan fingerprint density at radius 3 is 2.68 bits per heavy atom. The van der Waals surface area contributed by atoms with Gasteiger partial charge in [0.1, 0.15) is 0 Å². The Morgan fingerprint density at radius 2 is 2.05 bits per heavy atom. The number of hydrogen-bond donors (Lipinski definition) is 1. The average molecular weight is 260 g/mol. The standard InChI is InChI=1S/C16H24N2O/c1-3-13-10-11-17-15(12-13)16(19)18(4-2)14-8-6-5-7-9-14/h5-9,13,15,17H,3-4,10-12H2,1-2H3. The summed E-state index contributed by atoms with van der Waals surface area (Å²) < 4.78 is 0. The molecule has 3 nitrogen and oxygen atoms in total. The molecule has 0 saturated carbocycles. The predicted molar refractivity (Wildman–Crippen MR) is 79.3 cm³/mol. The van der Waals surface area contributed by atoms with Gasteiger partial charge in [-0.2, -0.15) is 0 Å². The molecule has 2 unspecified atom stereocenters. The van der Waals surface area contributed by atoms with Gasteiger partial charge in [0.05, 0.1) is 6.04 Å². The Kier molecular flexibility index (Phi) is 4.97. The average Bonchev–Trinajstić information content (AvgIpc) is 2.49. The molecule has 1 heterocycles. The van der Waals surface area contributed by atoms with Crippen LogP contribution in [-0.2, 0) is 4.79 Å². The fourth-order valence-electron chi connectivity index (χ4n) is 2.82. The first-order valence-electron chi connectivity index (χ1n) is 7.36. The van der Waals surface area contributed by atoms with Crippen LogP contribution in [0.1, 0.15) is 33.1 Å². The quantitative estimate of drug-likeness (QED) is 0.903. The summed E-state index contributed by atoms with van der Waals surface area (Å²) in [7, 11) is 0. The van der Waals surface area contributed by atoms with Crippen LogP contribution in [0.2, 0.25) is 0 Å². The highest BCUT2D eigenvalue weighted by Crippen LogP contribution is 2.22. The molecular formula is C16H24N2O. The van der Waals surface area contributed by atoms with Gasteiger partial charge in [0.2, 0.25) is 5.91 Å². The zero-order chi connectivity index (χ0) is 13.7. The summed E-state index contributed by atoms with van der Waals surface area (Å²) in [5.74, 6) is 0.900. The molecule has 104 valence electrons. The van der Waals surface area contributed by atoms with Crippen molar-refractivity contribution >= 4 is 11.6 Å². The molecule has 1 aliphatic heterocycles. The zero-order valence-electron chi connectivity index (χ0n) is 11.9. The van der Waals surface area contributed by atoms with Crippen LogP contribution in [0.25, 0.3) is 0 Å². The van der Waals surface area contributed by atoms with Crippen LogP contribution in [0.5, 0.6) is 0 Å². The van der Waals surface area contributed by atoms with E-state index in [1.54, 1.807) is 0 Å². The van der Waals surface area contributed by atoms with E-state index < -0.39 is 0 Å². The Balaban J connectivity index is 2.08. The SMILES string of the molecule is CCC1CCNC(C(=O)N(CC)c2ccccc2)C1. The molecule has 0 radical (unpaired) electrons. The molecule has 1 aliphatic rings. The number of hydrogen-bond acceptors (Lipinski definition) is 2. The van der Waals surface area contributed by atoms with Gasteiger partial charge < -0.3 is 10.2 Å². The number of benzene rings is 1. The number of piperidine rings is 1. The van der Waals surface area contributed by atoms with Gasteiger partial charge in [-0.15, -0.1) is 0 Å². The third kappa shape index (κ3) is 3.35. The zero-order valence-corrected chi connectivity index (χ0v) is 11.9. The molecule has 1 amide bonds. The van der Waals surface area contributed by atoms with Gasteiger partial charge in [0.25, 0.3) is 0 Å². The van der Waals surface area contributed by atoms with E-state index in [-0.39, 0.29) is 11.9 Å². The molecule has 19 heavy (non-hydrogen) atoms. The van der Waals surface area contributed by atoms with Crippen molar-refractivity contribution in [2.45, 2.75) is 39.2 Å². The third-order valence-corrected chi connectivity index (χ3v) is 4.04. The molecule has 0 bridgehead atoms. The fraction of sp³-hybridized carbons (Fsp3) is 0.562. The molecule has 1 fully saturated rings. The lowest BCUT2D eigenvalue weighted by Gasteiger charge is -2.32. The van der Waals surface area contributed by atoms with Gasteiger partial charge in [-0.1, -0.05) is 31.5 Å². The van der Waals surface area contributed by atoms with Crippen molar-refractivity contribution in [3.8, 4) is 0 Å². The lowest BCUT2D eigenvalue weighted by atomic mass is 9.90. The largest absolute Gasteiger partial charge is 0.311 e. The van der Waals surface area contributed by atoms with E-state index in [0.29, 0.717) is 5.92 Å². The van der Waals surface area contributed by atoms with Crippen molar-refractivity contribution in [2.75, 3.05) is 18.0 Å². The minimum atomic E-state index is -0.0149. The number of amides is 1. The van der Waals surface area contributed by atoms with Gasteiger partial charge in [0, 0.05) is 12.2 Å². The molecule has 1 aromatic rings. The highest BCUT2D eigenvalue weighted by Gasteiger charge is 2.29. The number of rotatable bonds is 4. The second kappa shape index (κ2) is 6.71. The molecule has 0 aliphatic carbocycles. The van der Waals surface area contributed by atoms with Crippen LogP contribution < -0.4 is 10.2 Å². The summed E-state index contributed by atoms with van der Waals surface area (Å²) in [6, 6.07) is 9.93. The minimum absolute atomic E-state index is 0.0149. The first-order chi connectivity index (χ1) is 9.26. The first kappa shape index (κ1) is 14.1. The maximum atomic E-state index is 12.7. The number of nitrogens with zero attached hydrogens (tertiary/aromatic N) is 1. The molecule has 3 heteroatoms. The third-order valence-electron chi connectivity index (χ3n) is 4.04. The topological polar surface area (TPSA) is 32.3 Å². The number of carbonyl (C=O) groups excluding carboxylic acids is 1. The molecule has 1 saturated heterocycles. The van der Waals surface area contributed by atoms with E-state index in [1.165, 1.54) is 12.8 Å². The molecule has 1 N–H and O–H groups in total. The van der Waals surface area contributed by atoms with Gasteiger partial charge >= 0.3 is 0 Å². The summed E-state index contributed by atoms with van der Waals surface area (Å²) in [6.45, 7) is 5.93. The summed E-state index contributed by atoms with van der Waals surface area (Å²) >= 11 is 0. The second-order valence-electron chi connectivity index (χ2n) is 5.22.